The number of carbonyl (C=O) groups is 2. The number of imidazole rings is 1. The van der Waals surface area contributed by atoms with E-state index in [-0.39, 0.29) is 18.5 Å². The molecular weight excluding hydrogens is 433 g/mol. The van der Waals surface area contributed by atoms with E-state index < -0.39 is 22.2 Å². The molecule has 15 heteroatoms. The minimum Gasteiger partial charge on any atom is -0.475 e. The number of carbonyl (C=O) groups excluding carboxylic acids is 1. The van der Waals surface area contributed by atoms with E-state index in [0.29, 0.717) is 18.8 Å². The highest BCUT2D eigenvalue weighted by Crippen LogP contribution is 2.22. The Labute approximate surface area is 169 Å². The number of carboxylic acids is 1. The summed E-state index contributed by atoms with van der Waals surface area (Å²) < 4.78 is 60.4. The number of rotatable bonds is 4. The highest BCUT2D eigenvalue weighted by atomic mass is 32.2. The zero-order chi connectivity index (χ0) is 22.7. The summed E-state index contributed by atoms with van der Waals surface area (Å²) in [6, 6.07) is 1.46. The summed E-state index contributed by atoms with van der Waals surface area (Å²) in [6.45, 7) is 1.01. The lowest BCUT2D eigenvalue weighted by molar-refractivity contribution is -0.192. The Hall–Kier alpha value is -2.94. The van der Waals surface area contributed by atoms with Gasteiger partial charge in [0.15, 0.2) is 0 Å². The molecule has 3 heterocycles. The van der Waals surface area contributed by atoms with Crippen LogP contribution in [-0.2, 0) is 28.4 Å². The van der Waals surface area contributed by atoms with Gasteiger partial charge < -0.3 is 14.6 Å². The highest BCUT2D eigenvalue weighted by molar-refractivity contribution is 7.88. The van der Waals surface area contributed by atoms with E-state index in [1.54, 1.807) is 41.4 Å². The number of hydrogen-bond donors (Lipinski definition) is 2. The summed E-state index contributed by atoms with van der Waals surface area (Å²) in [5.41, 5.74) is 1.23. The Morgan fingerprint density at radius 1 is 1.37 bits per heavy atom. The van der Waals surface area contributed by atoms with Crippen molar-refractivity contribution in [2.45, 2.75) is 18.8 Å². The van der Waals surface area contributed by atoms with E-state index >= 15 is 0 Å². The van der Waals surface area contributed by atoms with Crippen LogP contribution in [0.4, 0.5) is 13.2 Å². The second-order valence-electron chi connectivity index (χ2n) is 6.43. The molecule has 1 aliphatic rings. The van der Waals surface area contributed by atoms with Crippen LogP contribution >= 0.6 is 0 Å². The fraction of sp³-hybridized carbons (Fsp3) is 0.467. The number of sulfonamides is 1. The van der Waals surface area contributed by atoms with Crippen LogP contribution in [-0.4, -0.2) is 75.2 Å². The van der Waals surface area contributed by atoms with E-state index in [0.717, 1.165) is 11.9 Å². The Morgan fingerprint density at radius 2 is 2.00 bits per heavy atom. The number of alkyl halides is 3. The summed E-state index contributed by atoms with van der Waals surface area (Å²) >= 11 is 0. The van der Waals surface area contributed by atoms with Gasteiger partial charge in [-0.2, -0.15) is 18.3 Å². The number of amides is 1. The third-order valence-corrected chi connectivity index (χ3v) is 4.66. The van der Waals surface area contributed by atoms with Crippen molar-refractivity contribution < 1.29 is 36.3 Å². The fourth-order valence-corrected chi connectivity index (χ4v) is 3.14. The number of aromatic nitrogens is 4. The Morgan fingerprint density at radius 3 is 2.50 bits per heavy atom. The lowest BCUT2D eigenvalue weighted by Crippen LogP contribution is -2.44. The molecule has 1 amide bonds. The molecule has 30 heavy (non-hydrogen) atoms. The number of aliphatic carboxylic acids is 1. The molecule has 1 atom stereocenters. The molecule has 0 aromatic carbocycles. The quantitative estimate of drug-likeness (QED) is 0.665. The van der Waals surface area contributed by atoms with E-state index in [4.69, 9.17) is 9.90 Å². The molecule has 1 aliphatic heterocycles. The first-order valence-corrected chi connectivity index (χ1v) is 10.2. The minimum absolute atomic E-state index is 0.178. The predicted molar refractivity (Wildman–Crippen MR) is 95.7 cm³/mol. The van der Waals surface area contributed by atoms with E-state index in [2.05, 4.69) is 14.8 Å². The molecule has 2 N–H and O–H groups in total. The van der Waals surface area contributed by atoms with Crippen molar-refractivity contribution in [2.24, 2.45) is 7.05 Å². The third kappa shape index (κ3) is 6.28. The van der Waals surface area contributed by atoms with Gasteiger partial charge in [0.2, 0.25) is 10.0 Å². The topological polar surface area (TPSA) is 139 Å². The number of nitrogens with one attached hydrogen (secondary N) is 1. The Bertz CT molecular complexity index is 1020. The van der Waals surface area contributed by atoms with Crippen molar-refractivity contribution in [3.8, 4) is 0 Å². The van der Waals surface area contributed by atoms with Crippen LogP contribution < -0.4 is 4.72 Å². The first-order chi connectivity index (χ1) is 13.8. The molecule has 0 saturated heterocycles. The monoisotopic (exact) mass is 452 g/mol. The highest BCUT2D eigenvalue weighted by Gasteiger charge is 2.38. The minimum atomic E-state index is -5.08. The maximum Gasteiger partial charge on any atom is 0.490 e. The van der Waals surface area contributed by atoms with E-state index in [1.165, 1.54) is 0 Å². The lowest BCUT2D eigenvalue weighted by atomic mass is 10.1. The van der Waals surface area contributed by atoms with Gasteiger partial charge in [-0.1, -0.05) is 0 Å². The number of aryl methyl sites for hydroxylation is 1. The van der Waals surface area contributed by atoms with Crippen molar-refractivity contribution in [1.29, 1.82) is 0 Å². The number of nitrogens with zero attached hydrogens (tertiary/aromatic N) is 5. The lowest BCUT2D eigenvalue weighted by Gasteiger charge is -2.34. The maximum absolute atomic E-state index is 12.6. The van der Waals surface area contributed by atoms with Gasteiger partial charge in [-0.05, 0) is 6.07 Å². The van der Waals surface area contributed by atoms with Crippen LogP contribution in [0.1, 0.15) is 22.2 Å². The van der Waals surface area contributed by atoms with E-state index in [1.807, 2.05) is 4.57 Å². The van der Waals surface area contributed by atoms with Crippen molar-refractivity contribution in [1.82, 2.24) is 29.0 Å². The molecule has 0 saturated carbocycles. The molecule has 0 spiro atoms. The largest absolute Gasteiger partial charge is 0.490 e. The molecule has 0 fully saturated rings. The van der Waals surface area contributed by atoms with Gasteiger partial charge in [0.1, 0.15) is 5.69 Å². The van der Waals surface area contributed by atoms with E-state index in [9.17, 15) is 26.4 Å². The van der Waals surface area contributed by atoms with Crippen LogP contribution in [0.2, 0.25) is 0 Å². The van der Waals surface area contributed by atoms with Crippen LogP contribution in [0.5, 0.6) is 0 Å². The summed E-state index contributed by atoms with van der Waals surface area (Å²) in [6.07, 6.45) is 1.09. The average Bonchev–Trinajstić information content (AvgIpc) is 3.26. The van der Waals surface area contributed by atoms with Gasteiger partial charge in [-0.25, -0.2) is 22.9 Å². The summed E-state index contributed by atoms with van der Waals surface area (Å²) in [7, 11) is -1.55. The molecule has 166 valence electrons. The number of fused-ring (bicyclic) bond motifs is 1. The molecule has 2 aromatic rings. The summed E-state index contributed by atoms with van der Waals surface area (Å²) in [5.74, 6) is -2.94. The smallest absolute Gasteiger partial charge is 0.475 e. The second kappa shape index (κ2) is 8.83. The zero-order valence-corrected chi connectivity index (χ0v) is 16.7. The molecule has 0 aliphatic carbocycles. The molecule has 0 bridgehead atoms. The predicted octanol–water partition coefficient (Wildman–Crippen LogP) is -0.00380. The first-order valence-electron chi connectivity index (χ1n) is 8.32. The van der Waals surface area contributed by atoms with Crippen molar-refractivity contribution in [3.05, 3.63) is 36.2 Å². The number of carboxylic acid groups (broad SMARTS) is 1. The van der Waals surface area contributed by atoms with Gasteiger partial charge >= 0.3 is 12.1 Å². The Balaban J connectivity index is 0.000000396. The van der Waals surface area contributed by atoms with Gasteiger partial charge in [0.25, 0.3) is 5.91 Å². The molecule has 1 unspecified atom stereocenters. The SMILES string of the molecule is Cn1ccc(C(=O)N2Cc3cncn3C(CNS(C)(=O)=O)C2)n1.O=C(O)C(F)(F)F. The number of hydrogen-bond acceptors (Lipinski definition) is 6. The van der Waals surface area contributed by atoms with Gasteiger partial charge in [0.05, 0.1) is 30.9 Å². The Kier molecular flexibility index (Phi) is 6.87. The summed E-state index contributed by atoms with van der Waals surface area (Å²) in [5, 5.41) is 11.3. The number of halogens is 3. The molecule has 2 aromatic heterocycles. The molecular formula is C15H19F3N6O5S. The molecule has 11 nitrogen and oxygen atoms in total. The first kappa shape index (κ1) is 23.3. The normalized spacial score (nSPS) is 16.4. The fourth-order valence-electron chi connectivity index (χ4n) is 2.64. The van der Waals surface area contributed by atoms with Crippen LogP contribution in [0.25, 0.3) is 0 Å². The zero-order valence-electron chi connectivity index (χ0n) is 15.9. The van der Waals surface area contributed by atoms with Gasteiger partial charge in [0, 0.05) is 32.5 Å². The van der Waals surface area contributed by atoms with Crippen molar-refractivity contribution in [3.63, 3.8) is 0 Å². The van der Waals surface area contributed by atoms with Crippen LogP contribution in [0, 0.1) is 0 Å². The average molecular weight is 452 g/mol. The second-order valence-corrected chi connectivity index (χ2v) is 8.26. The standard InChI is InChI=1S/C13H18N6O3S.C2HF3O2/c1-17-4-3-12(16-17)13(20)18-7-10-5-14-9-19(10)11(8-18)6-15-23(2,21)22;3-2(4,5)1(6)7/h3-5,9,11,15H,6-8H2,1-2H3;(H,6,7). The molecule has 3 rings (SSSR count). The third-order valence-electron chi connectivity index (χ3n) is 3.97. The molecule has 0 radical (unpaired) electrons. The van der Waals surface area contributed by atoms with Crippen molar-refractivity contribution >= 4 is 21.9 Å². The summed E-state index contributed by atoms with van der Waals surface area (Å²) in [4.78, 5) is 27.2. The van der Waals surface area contributed by atoms with Gasteiger partial charge in [-0.15, -0.1) is 0 Å². The van der Waals surface area contributed by atoms with Crippen molar-refractivity contribution in [2.75, 3.05) is 19.3 Å². The van der Waals surface area contributed by atoms with Crippen LogP contribution in [0.3, 0.4) is 0 Å². The van der Waals surface area contributed by atoms with Gasteiger partial charge in [-0.3, -0.25) is 9.48 Å². The van der Waals surface area contributed by atoms with Crippen LogP contribution in [0.15, 0.2) is 24.8 Å². The maximum atomic E-state index is 12.6.